The first-order chi connectivity index (χ1) is 12.4. The van der Waals surface area contributed by atoms with Crippen molar-refractivity contribution in [3.8, 4) is 5.75 Å². The molecule has 1 aliphatic carbocycles. The molecule has 1 aromatic heterocycles. The molecule has 2 heterocycles. The number of hydrogen-bond donors (Lipinski definition) is 1. The average Bonchev–Trinajstić information content (AvgIpc) is 2.97. The Morgan fingerprint density at radius 1 is 1.08 bits per heavy atom. The van der Waals surface area contributed by atoms with Crippen LogP contribution in [-0.4, -0.2) is 52.1 Å². The average molecular weight is 368 g/mol. The maximum absolute atomic E-state index is 12.7. The lowest BCUT2D eigenvalue weighted by Crippen LogP contribution is -2.54. The fourth-order valence-corrected chi connectivity index (χ4v) is 4.02. The zero-order valence-electron chi connectivity index (χ0n) is 14.5. The van der Waals surface area contributed by atoms with Gasteiger partial charge < -0.3 is 14.4 Å². The molecule has 26 heavy (non-hydrogen) atoms. The summed E-state index contributed by atoms with van der Waals surface area (Å²) in [5, 5.41) is 10.5. The zero-order valence-corrected chi connectivity index (χ0v) is 14.5. The minimum Gasteiger partial charge on any atom is -0.490 e. The van der Waals surface area contributed by atoms with Gasteiger partial charge in [-0.15, -0.1) is 0 Å². The van der Waals surface area contributed by atoms with Crippen LogP contribution in [0.2, 0.25) is 0 Å². The van der Waals surface area contributed by atoms with Gasteiger partial charge in [-0.25, -0.2) is 0 Å². The largest absolute Gasteiger partial charge is 0.490 e. The van der Waals surface area contributed by atoms with Crippen molar-refractivity contribution in [3.05, 3.63) is 30.5 Å². The highest BCUT2D eigenvalue weighted by molar-refractivity contribution is 5.86. The Hall–Kier alpha value is -1.73. The molecular weight excluding hydrogens is 345 g/mol. The highest BCUT2D eigenvalue weighted by Gasteiger charge is 2.36. The van der Waals surface area contributed by atoms with Crippen LogP contribution in [0.3, 0.4) is 0 Å². The number of rotatable bonds is 4. The first kappa shape index (κ1) is 17.7. The molecule has 7 heteroatoms. The minimum atomic E-state index is -4.25. The summed E-state index contributed by atoms with van der Waals surface area (Å²) < 4.78 is 45.5. The number of aliphatic hydroxyl groups is 1. The van der Waals surface area contributed by atoms with Gasteiger partial charge in [0.1, 0.15) is 18.4 Å². The quantitative estimate of drug-likeness (QED) is 0.897. The summed E-state index contributed by atoms with van der Waals surface area (Å²) >= 11 is 0. The minimum absolute atomic E-state index is 0.0556. The maximum atomic E-state index is 12.7. The molecule has 4 rings (SSSR count). The van der Waals surface area contributed by atoms with Gasteiger partial charge in [-0.05, 0) is 43.9 Å². The molecule has 0 amide bonds. The monoisotopic (exact) mass is 368 g/mol. The third-order valence-electron chi connectivity index (χ3n) is 5.56. The van der Waals surface area contributed by atoms with Crippen molar-refractivity contribution in [3.63, 3.8) is 0 Å². The van der Waals surface area contributed by atoms with Crippen LogP contribution in [0.15, 0.2) is 30.5 Å². The van der Waals surface area contributed by atoms with Gasteiger partial charge in [0.2, 0.25) is 0 Å². The molecule has 0 bridgehead atoms. The molecule has 4 nitrogen and oxygen atoms in total. The number of fused-ring (bicyclic) bond motifs is 1. The summed E-state index contributed by atoms with van der Waals surface area (Å²) in [5.41, 5.74) is 0.537. The Morgan fingerprint density at radius 2 is 1.85 bits per heavy atom. The van der Waals surface area contributed by atoms with Gasteiger partial charge in [0.15, 0.2) is 0 Å². The predicted molar refractivity (Wildman–Crippen MR) is 92.2 cm³/mol. The Bertz CT molecular complexity index is 766. The summed E-state index contributed by atoms with van der Waals surface area (Å²) in [6, 6.07) is 7.23. The molecule has 1 aromatic carbocycles. The molecular formula is C19H23F3N2O2. The van der Waals surface area contributed by atoms with E-state index in [2.05, 4.69) is 4.90 Å². The van der Waals surface area contributed by atoms with Gasteiger partial charge in [0, 0.05) is 30.7 Å². The van der Waals surface area contributed by atoms with E-state index in [-0.39, 0.29) is 18.2 Å². The van der Waals surface area contributed by atoms with Gasteiger partial charge in [-0.1, -0.05) is 6.07 Å². The number of benzene rings is 1. The number of piperidine rings is 1. The van der Waals surface area contributed by atoms with Crippen molar-refractivity contribution in [2.45, 2.75) is 56.7 Å². The summed E-state index contributed by atoms with van der Waals surface area (Å²) in [6.45, 7) is 0.775. The first-order valence-corrected chi connectivity index (χ1v) is 9.14. The van der Waals surface area contributed by atoms with Crippen LogP contribution in [0.1, 0.15) is 25.7 Å². The number of nitrogens with zero attached hydrogens (tertiary/aromatic N) is 2. The van der Waals surface area contributed by atoms with Crippen LogP contribution in [0.25, 0.3) is 10.9 Å². The molecule has 0 spiro atoms. The van der Waals surface area contributed by atoms with Gasteiger partial charge in [-0.2, -0.15) is 13.2 Å². The number of alkyl halides is 3. The van der Waals surface area contributed by atoms with E-state index in [1.807, 2.05) is 6.07 Å². The van der Waals surface area contributed by atoms with Crippen LogP contribution in [0.4, 0.5) is 13.2 Å². The molecule has 142 valence electrons. The molecule has 2 unspecified atom stereocenters. The lowest BCUT2D eigenvalue weighted by Gasteiger charge is -2.44. The van der Waals surface area contributed by atoms with E-state index < -0.39 is 12.7 Å². The van der Waals surface area contributed by atoms with Crippen LogP contribution >= 0.6 is 0 Å². The van der Waals surface area contributed by atoms with Crippen molar-refractivity contribution in [1.82, 2.24) is 9.47 Å². The summed E-state index contributed by atoms with van der Waals surface area (Å²) in [5.74, 6) is 0.644. The number of likely N-dealkylation sites (tertiary alicyclic amines) is 1. The van der Waals surface area contributed by atoms with E-state index in [1.165, 1.54) is 10.8 Å². The van der Waals surface area contributed by atoms with Crippen molar-refractivity contribution in [2.75, 3.05) is 13.1 Å². The third kappa shape index (κ3) is 3.55. The molecule has 1 N–H and O–H groups in total. The molecule has 1 aliphatic heterocycles. The maximum Gasteiger partial charge on any atom is 0.406 e. The van der Waals surface area contributed by atoms with Crippen LogP contribution in [0, 0.1) is 0 Å². The topological polar surface area (TPSA) is 37.6 Å². The van der Waals surface area contributed by atoms with Gasteiger partial charge in [-0.3, -0.25) is 4.90 Å². The highest BCUT2D eigenvalue weighted by Crippen LogP contribution is 2.32. The summed E-state index contributed by atoms with van der Waals surface area (Å²) in [6.07, 6.45) is 0.741. The Kier molecular flexibility index (Phi) is 4.61. The van der Waals surface area contributed by atoms with Gasteiger partial charge >= 0.3 is 6.18 Å². The van der Waals surface area contributed by atoms with E-state index in [9.17, 15) is 18.3 Å². The van der Waals surface area contributed by atoms with E-state index in [0.29, 0.717) is 16.7 Å². The number of aromatic nitrogens is 1. The van der Waals surface area contributed by atoms with E-state index in [1.54, 1.807) is 18.2 Å². The SMILES string of the molecule is OC1CCC1N1CCC(Oc2cccc3c2ccn3CC(F)(F)F)CC1. The predicted octanol–water partition coefficient (Wildman–Crippen LogP) is 3.57. The van der Waals surface area contributed by atoms with Crippen molar-refractivity contribution in [2.24, 2.45) is 0 Å². The van der Waals surface area contributed by atoms with Gasteiger partial charge in [0.05, 0.1) is 11.6 Å². The molecule has 2 aliphatic rings. The Balaban J connectivity index is 1.43. The van der Waals surface area contributed by atoms with Crippen LogP contribution < -0.4 is 4.74 Å². The second kappa shape index (κ2) is 6.78. The van der Waals surface area contributed by atoms with Crippen molar-refractivity contribution in [1.29, 1.82) is 0 Å². The third-order valence-corrected chi connectivity index (χ3v) is 5.56. The van der Waals surface area contributed by atoms with Crippen molar-refractivity contribution < 1.29 is 23.0 Å². The van der Waals surface area contributed by atoms with E-state index in [0.717, 1.165) is 38.8 Å². The first-order valence-electron chi connectivity index (χ1n) is 9.14. The zero-order chi connectivity index (χ0) is 18.3. The molecule has 2 aromatic rings. The molecule has 1 saturated heterocycles. The lowest BCUT2D eigenvalue weighted by molar-refractivity contribution is -0.139. The number of hydrogen-bond acceptors (Lipinski definition) is 3. The van der Waals surface area contributed by atoms with Gasteiger partial charge in [0.25, 0.3) is 0 Å². The molecule has 1 saturated carbocycles. The lowest BCUT2D eigenvalue weighted by atomic mass is 9.86. The smallest absolute Gasteiger partial charge is 0.406 e. The second-order valence-corrected chi connectivity index (χ2v) is 7.31. The van der Waals surface area contributed by atoms with Crippen LogP contribution in [0.5, 0.6) is 5.75 Å². The fourth-order valence-electron chi connectivity index (χ4n) is 4.02. The van der Waals surface area contributed by atoms with E-state index in [4.69, 9.17) is 4.74 Å². The number of halogens is 3. The van der Waals surface area contributed by atoms with E-state index >= 15 is 0 Å². The molecule has 2 fully saturated rings. The Morgan fingerprint density at radius 3 is 2.46 bits per heavy atom. The number of aliphatic hydroxyl groups excluding tert-OH is 1. The normalized spacial score (nSPS) is 25.4. The second-order valence-electron chi connectivity index (χ2n) is 7.31. The fraction of sp³-hybridized carbons (Fsp3) is 0.579. The van der Waals surface area contributed by atoms with Crippen LogP contribution in [-0.2, 0) is 6.54 Å². The molecule has 2 atom stereocenters. The standard InChI is InChI=1S/C19H23F3N2O2/c20-19(21,22)12-24-11-8-14-15(24)2-1-3-18(14)26-13-6-9-23(10-7-13)16-4-5-17(16)25/h1-3,8,11,13,16-17,25H,4-7,9-10,12H2. The van der Waals surface area contributed by atoms with Crippen molar-refractivity contribution >= 4 is 10.9 Å². The summed E-state index contributed by atoms with van der Waals surface area (Å²) in [7, 11) is 0. The number of ether oxygens (including phenoxy) is 1. The molecule has 0 radical (unpaired) electrons. The summed E-state index contributed by atoms with van der Waals surface area (Å²) in [4.78, 5) is 2.33. The Labute approximate surface area is 150 Å². The highest BCUT2D eigenvalue weighted by atomic mass is 19.4.